The molecule has 0 spiro atoms. The van der Waals surface area contributed by atoms with Crippen molar-refractivity contribution in [2.24, 2.45) is 5.92 Å². The number of halogens is 2. The van der Waals surface area contributed by atoms with Crippen LogP contribution in [0.1, 0.15) is 0 Å². The van der Waals surface area contributed by atoms with Crippen molar-refractivity contribution in [3.8, 4) is 0 Å². The van der Waals surface area contributed by atoms with E-state index in [-0.39, 0.29) is 28.9 Å². The Morgan fingerprint density at radius 1 is 1.42 bits per heavy atom. The minimum absolute atomic E-state index is 0.0396. The standard InChI is InChI=1S/C22H21ClFN5O2/c1-3-19(30)29-9-13(10-29)27-20-15-7-14-18(8-22(15,20)31-2)25-11-26-21(14)28-12-4-5-17(24)16(23)6-12/h3-8,11,13,15,20,27H,1,9-10H2,2H3,(H,25,26,28). The first-order chi connectivity index (χ1) is 14.9. The average Bonchev–Trinajstić information content (AvgIpc) is 3.37. The van der Waals surface area contributed by atoms with E-state index in [1.807, 2.05) is 6.08 Å². The van der Waals surface area contributed by atoms with Gasteiger partial charge in [0.15, 0.2) is 0 Å². The number of methoxy groups -OCH3 is 1. The Hall–Kier alpha value is -2.81. The number of likely N-dealkylation sites (tertiary alicyclic amines) is 1. The number of aromatic nitrogens is 2. The molecule has 1 saturated carbocycles. The van der Waals surface area contributed by atoms with Gasteiger partial charge in [-0.2, -0.15) is 0 Å². The molecule has 0 bridgehead atoms. The predicted octanol–water partition coefficient (Wildman–Crippen LogP) is 0.957. The van der Waals surface area contributed by atoms with E-state index < -0.39 is 11.4 Å². The molecule has 2 fully saturated rings. The second kappa shape index (κ2) is 7.40. The lowest BCUT2D eigenvalue weighted by Gasteiger charge is -2.39. The number of nitrogens with zero attached hydrogens (tertiary/aromatic N) is 3. The van der Waals surface area contributed by atoms with Gasteiger partial charge in [-0.15, -0.1) is 0 Å². The largest absolute Gasteiger partial charge is 0.372 e. The number of carbonyl (C=O) groups is 1. The van der Waals surface area contributed by atoms with Gasteiger partial charge in [-0.05, 0) is 30.4 Å². The molecule has 2 aliphatic carbocycles. The van der Waals surface area contributed by atoms with Gasteiger partial charge in [0.25, 0.3) is 0 Å². The van der Waals surface area contributed by atoms with Gasteiger partial charge < -0.3 is 20.3 Å². The number of carbonyl (C=O) groups excluding carboxylic acids is 1. The number of hydrogen-bond donors (Lipinski definition) is 2. The average molecular weight is 442 g/mol. The van der Waals surface area contributed by atoms with Crippen LogP contribution in [0.3, 0.4) is 0 Å². The molecule has 9 heteroatoms. The fourth-order valence-electron chi connectivity index (χ4n) is 4.42. The third kappa shape index (κ3) is 3.31. The maximum Gasteiger partial charge on any atom is 0.246 e. The first-order valence-corrected chi connectivity index (χ1v) is 10.3. The van der Waals surface area contributed by atoms with E-state index in [1.165, 1.54) is 24.5 Å². The number of benzene rings is 1. The van der Waals surface area contributed by atoms with Crippen molar-refractivity contribution in [3.63, 3.8) is 0 Å². The van der Waals surface area contributed by atoms with Crippen LogP contribution in [0.5, 0.6) is 0 Å². The highest BCUT2D eigenvalue weighted by atomic mass is 35.5. The third-order valence-corrected chi connectivity index (χ3v) is 6.49. The number of anilines is 2. The summed E-state index contributed by atoms with van der Waals surface area (Å²) >= 11 is 5.90. The summed E-state index contributed by atoms with van der Waals surface area (Å²) in [6, 6.07) is 4.72. The minimum Gasteiger partial charge on any atom is -0.372 e. The minimum atomic E-state index is -0.474. The lowest BCUT2D eigenvalue weighted by molar-refractivity contribution is -0.130. The number of amides is 1. The van der Waals surface area contributed by atoms with Crippen LogP contribution < -0.4 is 21.2 Å². The first-order valence-electron chi connectivity index (χ1n) is 9.95. The van der Waals surface area contributed by atoms with Gasteiger partial charge in [0.2, 0.25) is 5.91 Å². The molecule has 1 aromatic carbocycles. The van der Waals surface area contributed by atoms with Crippen molar-refractivity contribution < 1.29 is 13.9 Å². The summed E-state index contributed by atoms with van der Waals surface area (Å²) in [5, 5.41) is 8.48. The zero-order valence-electron chi connectivity index (χ0n) is 16.8. The molecule has 3 aliphatic rings. The molecule has 1 saturated heterocycles. The molecular weight excluding hydrogens is 421 g/mol. The molecule has 31 heavy (non-hydrogen) atoms. The lowest BCUT2D eigenvalue weighted by atomic mass is 10.1. The molecule has 3 unspecified atom stereocenters. The van der Waals surface area contributed by atoms with Crippen LogP contribution in [-0.4, -0.2) is 58.7 Å². The Morgan fingerprint density at radius 3 is 2.94 bits per heavy atom. The van der Waals surface area contributed by atoms with E-state index in [9.17, 15) is 9.18 Å². The highest BCUT2D eigenvalue weighted by Gasteiger charge is 2.65. The third-order valence-electron chi connectivity index (χ3n) is 6.20. The molecule has 0 radical (unpaired) electrons. The Bertz CT molecular complexity index is 1200. The van der Waals surface area contributed by atoms with Crippen LogP contribution in [0.15, 0.2) is 37.2 Å². The summed E-state index contributed by atoms with van der Waals surface area (Å²) in [6.45, 7) is 4.83. The van der Waals surface area contributed by atoms with Gasteiger partial charge >= 0.3 is 0 Å². The fraction of sp³-hybridized carbons (Fsp3) is 0.318. The predicted molar refractivity (Wildman–Crippen MR) is 116 cm³/mol. The maximum absolute atomic E-state index is 13.5. The highest BCUT2D eigenvalue weighted by Crippen LogP contribution is 2.50. The van der Waals surface area contributed by atoms with Gasteiger partial charge in [-0.25, -0.2) is 14.4 Å². The molecule has 3 atom stereocenters. The molecule has 5 rings (SSSR count). The van der Waals surface area contributed by atoms with Crippen molar-refractivity contribution in [3.05, 3.63) is 58.6 Å². The summed E-state index contributed by atoms with van der Waals surface area (Å²) < 4.78 is 19.4. The summed E-state index contributed by atoms with van der Waals surface area (Å²) in [4.78, 5) is 22.2. The summed E-state index contributed by atoms with van der Waals surface area (Å²) in [6.07, 6.45) is 6.95. The number of hydrogen-bond acceptors (Lipinski definition) is 6. The van der Waals surface area contributed by atoms with Gasteiger partial charge in [0.05, 0.1) is 16.4 Å². The maximum atomic E-state index is 13.5. The molecule has 1 amide bonds. The van der Waals surface area contributed by atoms with Crippen molar-refractivity contribution in [2.75, 3.05) is 25.5 Å². The molecule has 1 aliphatic heterocycles. The van der Waals surface area contributed by atoms with Gasteiger partial charge in [0.1, 0.15) is 23.6 Å². The topological polar surface area (TPSA) is 79.4 Å². The molecular formula is C22H21ClFN5O2. The normalized spacial score (nSPS) is 26.0. The summed E-state index contributed by atoms with van der Waals surface area (Å²) in [5.74, 6) is 0.200. The van der Waals surface area contributed by atoms with Crippen LogP contribution in [0.25, 0.3) is 12.2 Å². The number of nitrogens with one attached hydrogen (secondary N) is 2. The SMILES string of the molecule is C=CC(=O)N1CC(NC2C3C=c4c(Nc5ccc(F)c(Cl)c5)ncnc4=CC32OC)C1. The molecule has 2 aromatic rings. The smallest absolute Gasteiger partial charge is 0.246 e. The Morgan fingerprint density at radius 2 is 2.23 bits per heavy atom. The zero-order valence-corrected chi connectivity index (χ0v) is 17.6. The number of fused-ring (bicyclic) bond motifs is 2. The molecule has 7 nitrogen and oxygen atoms in total. The fourth-order valence-corrected chi connectivity index (χ4v) is 4.60. The second-order valence-electron chi connectivity index (χ2n) is 7.96. The van der Waals surface area contributed by atoms with E-state index in [0.29, 0.717) is 24.6 Å². The summed E-state index contributed by atoms with van der Waals surface area (Å²) in [5.41, 5.74) is 0.164. The number of rotatable bonds is 6. The van der Waals surface area contributed by atoms with Gasteiger partial charge in [-0.1, -0.05) is 24.3 Å². The van der Waals surface area contributed by atoms with E-state index in [4.69, 9.17) is 16.3 Å². The molecule has 2 heterocycles. The quantitative estimate of drug-likeness (QED) is 0.650. The Balaban J connectivity index is 1.39. The lowest BCUT2D eigenvalue weighted by Crippen LogP contribution is -2.60. The van der Waals surface area contributed by atoms with Crippen LogP contribution in [0.4, 0.5) is 15.9 Å². The molecule has 160 valence electrons. The first kappa shape index (κ1) is 20.1. The van der Waals surface area contributed by atoms with Crippen LogP contribution in [0, 0.1) is 11.7 Å². The number of ether oxygens (including phenoxy) is 1. The second-order valence-corrected chi connectivity index (χ2v) is 8.37. The van der Waals surface area contributed by atoms with Crippen molar-refractivity contribution in [2.45, 2.75) is 17.7 Å². The van der Waals surface area contributed by atoms with E-state index in [1.54, 1.807) is 18.1 Å². The molecule has 2 N–H and O–H groups in total. The van der Waals surface area contributed by atoms with Crippen molar-refractivity contribution in [1.82, 2.24) is 20.2 Å². The van der Waals surface area contributed by atoms with E-state index in [2.05, 4.69) is 33.3 Å². The zero-order chi connectivity index (χ0) is 21.8. The molecule has 1 aromatic heterocycles. The highest BCUT2D eigenvalue weighted by molar-refractivity contribution is 6.31. The van der Waals surface area contributed by atoms with Gasteiger partial charge in [-0.3, -0.25) is 4.79 Å². The Kier molecular flexibility index (Phi) is 4.80. The van der Waals surface area contributed by atoms with Crippen molar-refractivity contribution >= 4 is 41.2 Å². The van der Waals surface area contributed by atoms with Crippen LogP contribution in [0.2, 0.25) is 5.02 Å². The van der Waals surface area contributed by atoms with E-state index >= 15 is 0 Å². The van der Waals surface area contributed by atoms with Gasteiger partial charge in [0, 0.05) is 43.1 Å². The summed E-state index contributed by atoms with van der Waals surface area (Å²) in [7, 11) is 1.69. The Labute approximate surface area is 183 Å². The van der Waals surface area contributed by atoms with Crippen molar-refractivity contribution in [1.29, 1.82) is 0 Å². The van der Waals surface area contributed by atoms with E-state index in [0.717, 1.165) is 10.6 Å². The monoisotopic (exact) mass is 441 g/mol. The van der Waals surface area contributed by atoms with Crippen LogP contribution in [-0.2, 0) is 9.53 Å². The van der Waals surface area contributed by atoms with Crippen LogP contribution >= 0.6 is 11.6 Å².